The number of halogens is 1. The number of para-hydroxylation sites is 1. The Balaban J connectivity index is 1.40. The standard InChI is InChI=1S/C34H35FN2O4/c1-23-10-7-16-29(35)32(23)33(38)36-30(34(39)40)22-24-11-8-14-26-25(24)13-9-15-27(26)28-12-3-4-17-31(28)41-21-20-37-18-5-2-6-19-37/h3-4,7-17,30H,2,5-6,18-22H2,1H3,(H,36,38)(H,39,40)/t30-/m0/s1. The number of rotatable bonds is 10. The van der Waals surface area contributed by atoms with E-state index in [1.165, 1.54) is 31.4 Å². The van der Waals surface area contributed by atoms with Gasteiger partial charge in [0.05, 0.1) is 5.56 Å². The average molecular weight is 555 g/mol. The minimum atomic E-state index is -1.24. The number of carbonyl (C=O) groups excluding carboxylic acids is 1. The molecule has 1 heterocycles. The molecule has 1 amide bonds. The van der Waals surface area contributed by atoms with E-state index in [1.54, 1.807) is 13.0 Å². The van der Waals surface area contributed by atoms with Gasteiger partial charge in [-0.25, -0.2) is 9.18 Å². The second-order valence-corrected chi connectivity index (χ2v) is 10.6. The molecule has 212 valence electrons. The predicted molar refractivity (Wildman–Crippen MR) is 159 cm³/mol. The highest BCUT2D eigenvalue weighted by Gasteiger charge is 2.25. The molecule has 0 unspecified atom stereocenters. The van der Waals surface area contributed by atoms with Crippen LogP contribution in [0.1, 0.15) is 40.7 Å². The number of nitrogens with one attached hydrogen (secondary N) is 1. The van der Waals surface area contributed by atoms with E-state index >= 15 is 0 Å². The Hall–Kier alpha value is -4.23. The maximum Gasteiger partial charge on any atom is 0.326 e. The largest absolute Gasteiger partial charge is 0.492 e. The van der Waals surface area contributed by atoms with E-state index in [1.807, 2.05) is 60.7 Å². The van der Waals surface area contributed by atoms with Crippen LogP contribution < -0.4 is 10.1 Å². The normalized spacial score (nSPS) is 14.5. The molecule has 1 aliphatic rings. The molecule has 5 rings (SSSR count). The van der Waals surface area contributed by atoms with Crippen molar-refractivity contribution in [1.82, 2.24) is 10.2 Å². The topological polar surface area (TPSA) is 78.9 Å². The number of amides is 1. The van der Waals surface area contributed by atoms with Gasteiger partial charge in [-0.2, -0.15) is 0 Å². The Morgan fingerprint density at radius 1 is 0.902 bits per heavy atom. The van der Waals surface area contributed by atoms with Crippen molar-refractivity contribution in [3.05, 3.63) is 101 Å². The molecule has 4 aromatic rings. The summed E-state index contributed by atoms with van der Waals surface area (Å²) in [4.78, 5) is 27.5. The number of aliphatic carboxylic acids is 1. The lowest BCUT2D eigenvalue weighted by Crippen LogP contribution is -2.42. The maximum atomic E-state index is 14.4. The van der Waals surface area contributed by atoms with E-state index in [0.717, 1.165) is 52.8 Å². The molecule has 2 N–H and O–H groups in total. The molecule has 0 aromatic heterocycles. The lowest BCUT2D eigenvalue weighted by atomic mass is 9.93. The molecule has 6 nitrogen and oxygen atoms in total. The van der Waals surface area contributed by atoms with Crippen molar-refractivity contribution in [1.29, 1.82) is 0 Å². The fourth-order valence-corrected chi connectivity index (χ4v) is 5.64. The van der Waals surface area contributed by atoms with Crippen LogP contribution in [0, 0.1) is 12.7 Å². The van der Waals surface area contributed by atoms with E-state index in [9.17, 15) is 19.1 Å². The molecule has 1 saturated heterocycles. The fraction of sp³-hybridized carbons (Fsp3) is 0.294. The zero-order chi connectivity index (χ0) is 28.8. The molecule has 0 saturated carbocycles. The number of hydrogen-bond donors (Lipinski definition) is 2. The third-order valence-electron chi connectivity index (χ3n) is 7.78. The summed E-state index contributed by atoms with van der Waals surface area (Å²) < 4.78 is 20.7. The monoisotopic (exact) mass is 554 g/mol. The van der Waals surface area contributed by atoms with Crippen LogP contribution in [0.4, 0.5) is 4.39 Å². The van der Waals surface area contributed by atoms with E-state index < -0.39 is 23.7 Å². The van der Waals surface area contributed by atoms with Crippen LogP contribution in [-0.2, 0) is 11.2 Å². The highest BCUT2D eigenvalue weighted by Crippen LogP contribution is 2.36. The number of carbonyl (C=O) groups is 2. The predicted octanol–water partition coefficient (Wildman–Crippen LogP) is 6.24. The quantitative estimate of drug-likeness (QED) is 0.243. The van der Waals surface area contributed by atoms with Gasteiger partial charge < -0.3 is 15.2 Å². The number of benzene rings is 4. The molecular weight excluding hydrogens is 519 g/mol. The van der Waals surface area contributed by atoms with Gasteiger partial charge in [0.25, 0.3) is 5.91 Å². The first-order valence-electron chi connectivity index (χ1n) is 14.2. The number of likely N-dealkylation sites (tertiary alicyclic amines) is 1. The molecule has 0 aliphatic carbocycles. The van der Waals surface area contributed by atoms with Crippen LogP contribution in [0.25, 0.3) is 21.9 Å². The van der Waals surface area contributed by atoms with E-state index in [2.05, 4.69) is 10.2 Å². The minimum absolute atomic E-state index is 0.0450. The van der Waals surface area contributed by atoms with Crippen LogP contribution in [-0.4, -0.2) is 54.2 Å². The van der Waals surface area contributed by atoms with Gasteiger partial charge in [0, 0.05) is 18.5 Å². The van der Waals surface area contributed by atoms with E-state index in [4.69, 9.17) is 4.74 Å². The Morgan fingerprint density at radius 3 is 2.39 bits per heavy atom. The summed E-state index contributed by atoms with van der Waals surface area (Å²) in [5, 5.41) is 14.3. The first kappa shape index (κ1) is 28.3. The van der Waals surface area contributed by atoms with Crippen molar-refractivity contribution in [3.8, 4) is 16.9 Å². The summed E-state index contributed by atoms with van der Waals surface area (Å²) in [7, 11) is 0. The number of fused-ring (bicyclic) bond motifs is 1. The number of aryl methyl sites for hydroxylation is 1. The van der Waals surface area contributed by atoms with Crippen molar-refractivity contribution in [2.75, 3.05) is 26.2 Å². The summed E-state index contributed by atoms with van der Waals surface area (Å²) in [5.41, 5.74) is 3.02. The Kier molecular flexibility index (Phi) is 8.95. The van der Waals surface area contributed by atoms with Gasteiger partial charge in [0.15, 0.2) is 0 Å². The van der Waals surface area contributed by atoms with Gasteiger partial charge in [-0.15, -0.1) is 0 Å². The van der Waals surface area contributed by atoms with Crippen molar-refractivity contribution in [2.24, 2.45) is 0 Å². The average Bonchev–Trinajstić information content (AvgIpc) is 2.97. The smallest absolute Gasteiger partial charge is 0.326 e. The van der Waals surface area contributed by atoms with Crippen molar-refractivity contribution in [3.63, 3.8) is 0 Å². The lowest BCUT2D eigenvalue weighted by molar-refractivity contribution is -0.139. The lowest BCUT2D eigenvalue weighted by Gasteiger charge is -2.26. The van der Waals surface area contributed by atoms with Crippen molar-refractivity contribution < 1.29 is 23.8 Å². The molecule has 1 fully saturated rings. The number of nitrogens with zero attached hydrogens (tertiary/aromatic N) is 1. The zero-order valence-electron chi connectivity index (χ0n) is 23.2. The summed E-state index contributed by atoms with van der Waals surface area (Å²) in [6.45, 7) is 5.36. The van der Waals surface area contributed by atoms with Crippen LogP contribution in [0.2, 0.25) is 0 Å². The molecule has 0 spiro atoms. The van der Waals surface area contributed by atoms with E-state index in [0.29, 0.717) is 12.2 Å². The van der Waals surface area contributed by atoms with Crippen molar-refractivity contribution in [2.45, 2.75) is 38.6 Å². The van der Waals surface area contributed by atoms with Gasteiger partial charge in [-0.05, 0) is 72.5 Å². The number of ether oxygens (including phenoxy) is 1. The number of piperidine rings is 1. The molecule has 0 radical (unpaired) electrons. The third kappa shape index (κ3) is 6.57. The van der Waals surface area contributed by atoms with E-state index in [-0.39, 0.29) is 12.0 Å². The molecule has 1 aliphatic heterocycles. The molecule has 4 aromatic carbocycles. The highest BCUT2D eigenvalue weighted by atomic mass is 19.1. The molecule has 0 bridgehead atoms. The first-order valence-corrected chi connectivity index (χ1v) is 14.2. The van der Waals surface area contributed by atoms with Crippen LogP contribution in [0.15, 0.2) is 78.9 Å². The minimum Gasteiger partial charge on any atom is -0.492 e. The second kappa shape index (κ2) is 13.0. The Bertz CT molecular complexity index is 1530. The van der Waals surface area contributed by atoms with Gasteiger partial charge >= 0.3 is 5.97 Å². The van der Waals surface area contributed by atoms with Gasteiger partial charge in [0.2, 0.25) is 0 Å². The summed E-state index contributed by atoms with van der Waals surface area (Å²) in [6.07, 6.45) is 3.83. The SMILES string of the molecule is Cc1cccc(F)c1C(=O)N[C@@H](Cc1cccc2c(-c3ccccc3OCCN3CCCCC3)cccc12)C(=O)O. The Morgan fingerprint density at radius 2 is 1.61 bits per heavy atom. The van der Waals surface area contributed by atoms with Crippen molar-refractivity contribution >= 4 is 22.6 Å². The van der Waals surface area contributed by atoms with Gasteiger partial charge in [0.1, 0.15) is 24.2 Å². The van der Waals surface area contributed by atoms with Crippen LogP contribution in [0.3, 0.4) is 0 Å². The Labute approximate surface area is 239 Å². The molecular formula is C34H35FN2O4. The van der Waals surface area contributed by atoms with Crippen LogP contribution >= 0.6 is 0 Å². The highest BCUT2D eigenvalue weighted by molar-refractivity contribution is 6.00. The number of carboxylic acids is 1. The molecule has 41 heavy (non-hydrogen) atoms. The number of carboxylic acid groups (broad SMARTS) is 1. The molecule has 7 heteroatoms. The number of hydrogen-bond acceptors (Lipinski definition) is 4. The third-order valence-corrected chi connectivity index (χ3v) is 7.78. The fourth-order valence-electron chi connectivity index (χ4n) is 5.64. The van der Waals surface area contributed by atoms with Gasteiger partial charge in [-0.3, -0.25) is 9.69 Å². The summed E-state index contributed by atoms with van der Waals surface area (Å²) in [5.74, 6) is -1.81. The summed E-state index contributed by atoms with van der Waals surface area (Å²) >= 11 is 0. The summed E-state index contributed by atoms with van der Waals surface area (Å²) in [6, 6.07) is 22.8. The van der Waals surface area contributed by atoms with Gasteiger partial charge in [-0.1, -0.05) is 73.2 Å². The second-order valence-electron chi connectivity index (χ2n) is 10.6. The van der Waals surface area contributed by atoms with Crippen LogP contribution in [0.5, 0.6) is 5.75 Å². The zero-order valence-corrected chi connectivity index (χ0v) is 23.2. The first-order chi connectivity index (χ1) is 19.9. The molecule has 1 atom stereocenters. The maximum absolute atomic E-state index is 14.4.